The third-order valence-electron chi connectivity index (χ3n) is 4.71. The van der Waals surface area contributed by atoms with Crippen LogP contribution in [0.25, 0.3) is 15.7 Å². The predicted molar refractivity (Wildman–Crippen MR) is 117 cm³/mol. The van der Waals surface area contributed by atoms with Crippen molar-refractivity contribution in [3.63, 3.8) is 0 Å². The average molecular weight is 494 g/mol. The number of nitrogens with one attached hydrogen (secondary N) is 1. The molecule has 9 nitrogen and oxygen atoms in total. The van der Waals surface area contributed by atoms with Crippen LogP contribution in [0.3, 0.4) is 0 Å². The Balaban J connectivity index is 0.000000406. The maximum atomic E-state index is 10.6. The molecule has 0 fully saturated rings. The highest BCUT2D eigenvalue weighted by atomic mass is 32.1. The maximum absolute atomic E-state index is 10.6. The Bertz CT molecular complexity index is 1230. The zero-order chi connectivity index (χ0) is 25.0. The number of hydrogen-bond donors (Lipinski definition) is 2. The highest BCUT2D eigenvalue weighted by Gasteiger charge is 2.38. The molecule has 13 heteroatoms. The quantitative estimate of drug-likeness (QED) is 0.563. The van der Waals surface area contributed by atoms with Gasteiger partial charge >= 0.3 is 12.1 Å². The average Bonchev–Trinajstić information content (AvgIpc) is 3.39. The summed E-state index contributed by atoms with van der Waals surface area (Å²) in [5, 5.41) is 34.8. The number of carboxylic acids is 1. The molecule has 0 amide bonds. The van der Waals surface area contributed by atoms with Crippen molar-refractivity contribution >= 4 is 17.3 Å². The molecule has 1 aromatic carbocycles. The van der Waals surface area contributed by atoms with Crippen LogP contribution in [0.15, 0.2) is 18.2 Å². The van der Waals surface area contributed by atoms with Crippen LogP contribution in [0.5, 0.6) is 5.75 Å². The van der Waals surface area contributed by atoms with Crippen LogP contribution in [-0.4, -0.2) is 49.9 Å². The van der Waals surface area contributed by atoms with Crippen LogP contribution in [0.1, 0.15) is 36.4 Å². The summed E-state index contributed by atoms with van der Waals surface area (Å²) >= 11 is 1.46. The van der Waals surface area contributed by atoms with E-state index in [4.69, 9.17) is 19.7 Å². The number of ether oxygens (including phenoxy) is 1. The fourth-order valence-electron chi connectivity index (χ4n) is 3.15. The monoisotopic (exact) mass is 494 g/mol. The number of aromatic nitrogens is 4. The van der Waals surface area contributed by atoms with Gasteiger partial charge in [-0.2, -0.15) is 23.5 Å². The zero-order valence-electron chi connectivity index (χ0n) is 18.5. The van der Waals surface area contributed by atoms with Gasteiger partial charge in [-0.3, -0.25) is 0 Å². The molecule has 3 heterocycles. The van der Waals surface area contributed by atoms with Gasteiger partial charge in [0.15, 0.2) is 0 Å². The Kier molecular flexibility index (Phi) is 7.53. The van der Waals surface area contributed by atoms with E-state index in [0.29, 0.717) is 11.3 Å². The molecule has 34 heavy (non-hydrogen) atoms. The molecule has 0 unspecified atom stereocenters. The van der Waals surface area contributed by atoms with Gasteiger partial charge in [0.05, 0.1) is 17.4 Å². The normalized spacial score (nSPS) is 13.0. The molecule has 1 aliphatic heterocycles. The topological polar surface area (TPSA) is 126 Å². The molecule has 0 atom stereocenters. The van der Waals surface area contributed by atoms with E-state index in [-0.39, 0.29) is 6.10 Å². The van der Waals surface area contributed by atoms with E-state index in [1.54, 1.807) is 6.07 Å². The van der Waals surface area contributed by atoms with Crippen LogP contribution in [-0.2, 0) is 17.8 Å². The van der Waals surface area contributed by atoms with E-state index in [0.717, 1.165) is 46.6 Å². The Hall–Kier alpha value is -3.50. The number of nitriles is 1. The van der Waals surface area contributed by atoms with Gasteiger partial charge in [-0.05, 0) is 39.0 Å². The van der Waals surface area contributed by atoms with Crippen LogP contribution < -0.4 is 10.1 Å². The fraction of sp³-hybridized carbons (Fsp3) is 0.381. The fourth-order valence-corrected chi connectivity index (χ4v) is 4.00. The first kappa shape index (κ1) is 25.1. The van der Waals surface area contributed by atoms with Gasteiger partial charge < -0.3 is 15.2 Å². The minimum absolute atomic E-state index is 0.0133. The summed E-state index contributed by atoms with van der Waals surface area (Å²) in [6.45, 7) is 7.73. The van der Waals surface area contributed by atoms with Crippen molar-refractivity contribution in [2.75, 3.05) is 6.54 Å². The van der Waals surface area contributed by atoms with Gasteiger partial charge in [0.1, 0.15) is 16.8 Å². The van der Waals surface area contributed by atoms with Crippen LogP contribution in [0.2, 0.25) is 0 Å². The maximum Gasteiger partial charge on any atom is 0.490 e. The largest absolute Gasteiger partial charge is 0.490 e. The number of fused-ring (bicyclic) bond motifs is 1. The molecule has 0 aliphatic carbocycles. The van der Waals surface area contributed by atoms with E-state index in [1.165, 1.54) is 16.9 Å². The lowest BCUT2D eigenvalue weighted by molar-refractivity contribution is -0.192. The number of carbonyl (C=O) groups is 1. The highest BCUT2D eigenvalue weighted by Crippen LogP contribution is 2.31. The van der Waals surface area contributed by atoms with Crippen LogP contribution in [0, 0.1) is 18.3 Å². The molecule has 0 bridgehead atoms. The van der Waals surface area contributed by atoms with Gasteiger partial charge in [0.2, 0.25) is 5.13 Å². The molecule has 180 valence electrons. The minimum Gasteiger partial charge on any atom is -0.490 e. The van der Waals surface area contributed by atoms with Crippen LogP contribution >= 0.6 is 11.3 Å². The Morgan fingerprint density at radius 2 is 2.06 bits per heavy atom. The molecule has 4 rings (SSSR count). The smallest absolute Gasteiger partial charge is 0.490 e. The SMILES string of the molecule is Cc1c2c(nn1-c1nnc(-c3ccc(OC(C)C)c(C#N)c3)s1)CCNC2.O=C(O)C(F)(F)F. The van der Waals surface area contributed by atoms with Gasteiger partial charge in [0, 0.05) is 36.3 Å². The molecular formula is C21H21F3N6O3S. The number of aliphatic carboxylic acids is 1. The molecule has 0 saturated heterocycles. The van der Waals surface area contributed by atoms with E-state index in [1.807, 2.05) is 30.7 Å². The predicted octanol–water partition coefficient (Wildman–Crippen LogP) is 3.64. The molecule has 0 saturated carbocycles. The second-order valence-electron chi connectivity index (χ2n) is 7.53. The number of rotatable bonds is 4. The minimum atomic E-state index is -5.08. The number of halogens is 3. The van der Waals surface area contributed by atoms with E-state index in [9.17, 15) is 18.4 Å². The van der Waals surface area contributed by atoms with E-state index in [2.05, 4.69) is 28.5 Å². The summed E-state index contributed by atoms with van der Waals surface area (Å²) < 4.78 is 39.3. The number of alkyl halides is 3. The van der Waals surface area contributed by atoms with Crippen molar-refractivity contribution in [3.05, 3.63) is 40.7 Å². The molecule has 1 aliphatic rings. The number of hydrogen-bond acceptors (Lipinski definition) is 8. The van der Waals surface area contributed by atoms with E-state index < -0.39 is 12.1 Å². The third kappa shape index (κ3) is 5.70. The van der Waals surface area contributed by atoms with Gasteiger partial charge in [-0.1, -0.05) is 11.3 Å². The molecule has 2 N–H and O–H groups in total. The number of carboxylic acid groups (broad SMARTS) is 1. The molecule has 2 aromatic heterocycles. The lowest BCUT2D eigenvalue weighted by Crippen LogP contribution is -2.23. The van der Waals surface area contributed by atoms with Crippen molar-refractivity contribution in [3.8, 4) is 27.5 Å². The first-order chi connectivity index (χ1) is 16.0. The summed E-state index contributed by atoms with van der Waals surface area (Å²) in [5.41, 5.74) is 4.82. The zero-order valence-corrected chi connectivity index (χ0v) is 19.3. The van der Waals surface area contributed by atoms with Crippen molar-refractivity contribution < 1.29 is 27.8 Å². The summed E-state index contributed by atoms with van der Waals surface area (Å²) in [6.07, 6.45) is -4.14. The summed E-state index contributed by atoms with van der Waals surface area (Å²) in [7, 11) is 0. The van der Waals surface area contributed by atoms with Gasteiger partial charge in [-0.25, -0.2) is 9.48 Å². The van der Waals surface area contributed by atoms with Crippen LogP contribution in [0.4, 0.5) is 13.2 Å². The Morgan fingerprint density at radius 1 is 1.35 bits per heavy atom. The summed E-state index contributed by atoms with van der Waals surface area (Å²) in [5.74, 6) is -2.17. The van der Waals surface area contributed by atoms with Crippen molar-refractivity contribution in [2.45, 2.75) is 46.0 Å². The molecule has 0 spiro atoms. The first-order valence-corrected chi connectivity index (χ1v) is 11.0. The second kappa shape index (κ2) is 10.2. The standard InChI is InChI=1S/C19H20N6OS.C2HF3O2/c1-11(2)26-17-5-4-13(8-14(17)9-20)18-22-23-19(27-18)25-12(3)15-10-21-7-6-16(15)24-25;3-2(4,5)1(6)7/h4-5,8,11,21H,6-7,10H2,1-3H3;(H,6,7). The molecular weight excluding hydrogens is 473 g/mol. The van der Waals surface area contributed by atoms with E-state index >= 15 is 0 Å². The summed E-state index contributed by atoms with van der Waals surface area (Å²) in [4.78, 5) is 8.90. The number of benzene rings is 1. The molecule has 3 aromatic rings. The highest BCUT2D eigenvalue weighted by molar-refractivity contribution is 7.17. The second-order valence-corrected chi connectivity index (χ2v) is 8.49. The third-order valence-corrected chi connectivity index (χ3v) is 5.66. The van der Waals surface area contributed by atoms with Crippen molar-refractivity contribution in [2.24, 2.45) is 0 Å². The Labute approximate surface area is 196 Å². The van der Waals surface area contributed by atoms with Crippen molar-refractivity contribution in [1.82, 2.24) is 25.3 Å². The summed E-state index contributed by atoms with van der Waals surface area (Å²) in [6, 6.07) is 7.73. The van der Waals surface area contributed by atoms with Gasteiger partial charge in [-0.15, -0.1) is 10.2 Å². The lowest BCUT2D eigenvalue weighted by atomic mass is 10.1. The van der Waals surface area contributed by atoms with Gasteiger partial charge in [0.25, 0.3) is 0 Å². The van der Waals surface area contributed by atoms with Crippen molar-refractivity contribution in [1.29, 1.82) is 5.26 Å². The Morgan fingerprint density at radius 3 is 2.65 bits per heavy atom. The molecule has 0 radical (unpaired) electrons. The lowest BCUT2D eigenvalue weighted by Gasteiger charge is -2.11. The first-order valence-electron chi connectivity index (χ1n) is 10.1. The number of nitrogens with zero attached hydrogens (tertiary/aromatic N) is 5.